The molecule has 23 nitrogen and oxygen atoms in total. The molecule has 3 N–H and O–H groups in total. The summed E-state index contributed by atoms with van der Waals surface area (Å²) in [4.78, 5) is 113. The highest BCUT2D eigenvalue weighted by Crippen LogP contribution is 2.22. The Hall–Kier alpha value is -4.65. The molecule has 0 saturated heterocycles. The van der Waals surface area contributed by atoms with Gasteiger partial charge in [0, 0.05) is 57.7 Å². The molecular formula is C66H121N4O19+. The number of carbonyl (C=O) groups excluding carboxylic acids is 9. The maximum Gasteiger partial charge on any atom is 0.309 e. The van der Waals surface area contributed by atoms with E-state index in [9.17, 15) is 43.2 Å². The van der Waals surface area contributed by atoms with Crippen molar-refractivity contribution in [3.05, 3.63) is 0 Å². The number of amides is 3. The van der Waals surface area contributed by atoms with Crippen LogP contribution in [0, 0.1) is 5.92 Å². The monoisotopic (exact) mass is 1270 g/mol. The fraction of sp³-hybridized carbons (Fsp3) is 0.864. The Morgan fingerprint density at radius 2 is 0.854 bits per heavy atom. The van der Waals surface area contributed by atoms with E-state index in [1.165, 1.54) is 52.1 Å². The average Bonchev–Trinajstić information content (AvgIpc) is 2.98. The molecule has 518 valence electrons. The van der Waals surface area contributed by atoms with Crippen LogP contribution in [0.15, 0.2) is 0 Å². The van der Waals surface area contributed by atoms with E-state index in [0.29, 0.717) is 69.9 Å². The maximum absolute atomic E-state index is 13.4. The third kappa shape index (κ3) is 58.2. The van der Waals surface area contributed by atoms with Gasteiger partial charge in [-0.2, -0.15) is 0 Å². The number of quaternary nitrogens is 1. The number of nitrogens with zero attached hydrogens (tertiary/aromatic N) is 1. The topological polar surface area (TPSA) is 282 Å². The molecule has 0 rings (SSSR count). The number of ketones is 2. The number of esters is 4. The van der Waals surface area contributed by atoms with E-state index in [-0.39, 0.29) is 127 Å². The number of Topliss-reactive ketones (excluding diaryl/α,β-unsaturated/α-hetero) is 2. The van der Waals surface area contributed by atoms with Crippen LogP contribution in [-0.2, 0) is 90.5 Å². The first-order chi connectivity index (χ1) is 42.0. The fourth-order valence-electron chi connectivity index (χ4n) is 8.88. The molecule has 1 unspecified atom stereocenters. The van der Waals surface area contributed by atoms with Gasteiger partial charge in [-0.15, -0.1) is 0 Å². The summed E-state index contributed by atoms with van der Waals surface area (Å²) in [5.41, 5.74) is -2.02. The summed E-state index contributed by atoms with van der Waals surface area (Å²) < 4.78 is 54.6. The molecule has 3 amide bonds. The van der Waals surface area contributed by atoms with E-state index < -0.39 is 52.5 Å². The van der Waals surface area contributed by atoms with Crippen molar-refractivity contribution < 1.29 is 95.0 Å². The van der Waals surface area contributed by atoms with E-state index in [4.69, 9.17) is 42.6 Å². The lowest BCUT2D eigenvalue weighted by molar-refractivity contribution is -0.889. The van der Waals surface area contributed by atoms with E-state index >= 15 is 0 Å². The number of methoxy groups -OCH3 is 1. The molecule has 0 aromatic heterocycles. The number of hydrogen-bond acceptors (Lipinski definition) is 19. The van der Waals surface area contributed by atoms with Crippen molar-refractivity contribution in [3.63, 3.8) is 0 Å². The molecule has 0 radical (unpaired) electrons. The van der Waals surface area contributed by atoms with E-state index in [0.717, 1.165) is 51.5 Å². The zero-order chi connectivity index (χ0) is 66.8. The van der Waals surface area contributed by atoms with Crippen LogP contribution in [0.2, 0.25) is 0 Å². The molecule has 0 fully saturated rings. The van der Waals surface area contributed by atoms with Crippen LogP contribution in [0.25, 0.3) is 0 Å². The number of rotatable bonds is 57. The first-order valence-corrected chi connectivity index (χ1v) is 32.9. The largest absolute Gasteiger partial charge is 0.469 e. The molecule has 0 heterocycles. The Morgan fingerprint density at radius 1 is 0.382 bits per heavy atom. The van der Waals surface area contributed by atoms with Crippen LogP contribution in [0.1, 0.15) is 216 Å². The summed E-state index contributed by atoms with van der Waals surface area (Å²) in [6.45, 7) is 20.9. The average molecular weight is 1270 g/mol. The van der Waals surface area contributed by atoms with Crippen LogP contribution in [0.4, 0.5) is 0 Å². The minimum atomic E-state index is -0.916. The molecule has 0 aliphatic rings. The van der Waals surface area contributed by atoms with Gasteiger partial charge < -0.3 is 67.8 Å². The lowest BCUT2D eigenvalue weighted by atomic mass is 9.94. The SMILES string of the molecule is COC(=O)CCOCCOCC[N+](C)(C)CCNC(=O)COCCOCCCC(=O)COCCOCCNC(=O)CC(CC(=O)OC(C)(C)C)NC(=O)CC[C@H](CC(=O)CCCCCCCCCCCCCCCCC(=O)OC(C)(C)C)C(=O)OC(C)(C)C. The van der Waals surface area contributed by atoms with Crippen molar-refractivity contribution in [1.82, 2.24) is 16.0 Å². The summed E-state index contributed by atoms with van der Waals surface area (Å²) in [6.07, 6.45) is 16.5. The van der Waals surface area contributed by atoms with Crippen LogP contribution in [0.3, 0.4) is 0 Å². The van der Waals surface area contributed by atoms with Gasteiger partial charge in [-0.25, -0.2) is 0 Å². The molecule has 2 atom stereocenters. The number of nitrogens with one attached hydrogen (secondary N) is 3. The molecular weight excluding hydrogens is 1150 g/mol. The highest BCUT2D eigenvalue weighted by molar-refractivity contribution is 5.86. The molecule has 23 heteroatoms. The number of likely N-dealkylation sites (N-methyl/N-ethyl adjacent to an activating group) is 1. The van der Waals surface area contributed by atoms with E-state index in [1.807, 2.05) is 34.9 Å². The number of ether oxygens (including phenoxy) is 10. The summed E-state index contributed by atoms with van der Waals surface area (Å²) in [5.74, 6) is -3.74. The third-order valence-electron chi connectivity index (χ3n) is 13.6. The highest BCUT2D eigenvalue weighted by atomic mass is 16.6. The standard InChI is InChI=1S/C66H120N4O19/c1-64(2,3)87-61(77)30-26-24-22-20-18-16-14-13-15-17-19-21-23-25-28-55(71)48-53(63(79)89-66(7,8)9)31-32-57(73)69-54(50-62(78)88-65(4,5)6)49-58(74)68-35-40-83-45-46-85-51-56(72)29-27-38-81-44-47-86-52-59(75)67-34-36-70(10,11)37-41-84-43-42-82-39-33-60(76)80-12/h53-54H,13-52H2,1-12H3,(H2-,67,68,69,73,74,75)/p+1/t53-,54?/m1/s1. The molecule has 0 aliphatic carbocycles. The van der Waals surface area contributed by atoms with Gasteiger partial charge in [0.25, 0.3) is 0 Å². The number of hydrogen-bond donors (Lipinski definition) is 3. The van der Waals surface area contributed by atoms with Gasteiger partial charge in [0.05, 0.1) is 113 Å². The molecule has 0 bridgehead atoms. The summed E-state index contributed by atoms with van der Waals surface area (Å²) in [6, 6.07) is -0.916. The van der Waals surface area contributed by atoms with Crippen LogP contribution < -0.4 is 16.0 Å². The van der Waals surface area contributed by atoms with Gasteiger partial charge in [-0.1, -0.05) is 77.0 Å². The summed E-state index contributed by atoms with van der Waals surface area (Å²) >= 11 is 0. The van der Waals surface area contributed by atoms with Gasteiger partial charge >= 0.3 is 23.9 Å². The van der Waals surface area contributed by atoms with Crippen molar-refractivity contribution in [3.8, 4) is 0 Å². The molecule has 0 spiro atoms. The lowest BCUT2D eigenvalue weighted by Crippen LogP contribution is -2.47. The summed E-state index contributed by atoms with van der Waals surface area (Å²) in [5, 5.41) is 8.36. The van der Waals surface area contributed by atoms with Crippen LogP contribution in [0.5, 0.6) is 0 Å². The van der Waals surface area contributed by atoms with Crippen molar-refractivity contribution in [2.75, 3.05) is 127 Å². The minimum Gasteiger partial charge on any atom is -0.469 e. The van der Waals surface area contributed by atoms with E-state index in [1.54, 1.807) is 41.5 Å². The van der Waals surface area contributed by atoms with Gasteiger partial charge in [-0.05, 0) is 88.0 Å². The van der Waals surface area contributed by atoms with Gasteiger partial charge in [0.1, 0.15) is 42.3 Å². The first kappa shape index (κ1) is 84.3. The Balaban J connectivity index is 4.48. The molecule has 89 heavy (non-hydrogen) atoms. The molecule has 0 aliphatic heterocycles. The van der Waals surface area contributed by atoms with Crippen molar-refractivity contribution in [2.45, 2.75) is 239 Å². The van der Waals surface area contributed by atoms with Crippen LogP contribution >= 0.6 is 0 Å². The van der Waals surface area contributed by atoms with Gasteiger partial charge in [0.15, 0.2) is 5.78 Å². The van der Waals surface area contributed by atoms with Crippen molar-refractivity contribution in [1.29, 1.82) is 0 Å². The normalized spacial score (nSPS) is 12.6. The molecule has 0 aromatic carbocycles. The smallest absolute Gasteiger partial charge is 0.309 e. The second-order valence-corrected chi connectivity index (χ2v) is 26.4. The van der Waals surface area contributed by atoms with Gasteiger partial charge in [-0.3, -0.25) is 43.2 Å². The fourth-order valence-corrected chi connectivity index (χ4v) is 8.88. The Morgan fingerprint density at radius 3 is 1.42 bits per heavy atom. The Labute approximate surface area is 534 Å². The zero-order valence-electron chi connectivity index (χ0n) is 57.1. The zero-order valence-corrected chi connectivity index (χ0v) is 57.1. The predicted molar refractivity (Wildman–Crippen MR) is 339 cm³/mol. The highest BCUT2D eigenvalue weighted by Gasteiger charge is 2.30. The number of unbranched alkanes of at least 4 members (excludes halogenated alkanes) is 13. The van der Waals surface area contributed by atoms with Crippen molar-refractivity contribution in [2.24, 2.45) is 5.92 Å². The molecule has 0 saturated carbocycles. The Bertz CT molecular complexity index is 1970. The molecule has 0 aromatic rings. The van der Waals surface area contributed by atoms with Crippen LogP contribution in [-0.4, -0.2) is 207 Å². The quantitative estimate of drug-likeness (QED) is 0.0224. The first-order valence-electron chi connectivity index (χ1n) is 32.9. The third-order valence-corrected chi connectivity index (χ3v) is 13.6. The summed E-state index contributed by atoms with van der Waals surface area (Å²) in [7, 11) is 5.43. The predicted octanol–water partition coefficient (Wildman–Crippen LogP) is 8.19. The lowest BCUT2D eigenvalue weighted by Gasteiger charge is -2.29. The second kappa shape index (κ2) is 50.9. The van der Waals surface area contributed by atoms with E-state index in [2.05, 4.69) is 20.7 Å². The van der Waals surface area contributed by atoms with Gasteiger partial charge in [0.2, 0.25) is 17.7 Å². The second-order valence-electron chi connectivity index (χ2n) is 26.4. The minimum absolute atomic E-state index is 0.0436. The van der Waals surface area contributed by atoms with Crippen molar-refractivity contribution >= 4 is 53.2 Å². The maximum atomic E-state index is 13.4. The number of carbonyl (C=O) groups is 9. The Kier molecular flexibility index (Phi) is 48.3.